The Morgan fingerprint density at radius 3 is 2.59 bits per heavy atom. The van der Waals surface area contributed by atoms with Gasteiger partial charge in [-0.2, -0.15) is 4.31 Å². The number of sulfonamides is 1. The summed E-state index contributed by atoms with van der Waals surface area (Å²) in [5.74, 6) is -0.238. The number of nitrogens with one attached hydrogen (secondary N) is 1. The third-order valence-electron chi connectivity index (χ3n) is 5.37. The molecule has 1 amide bonds. The van der Waals surface area contributed by atoms with Crippen molar-refractivity contribution in [2.75, 3.05) is 18.4 Å². The zero-order valence-corrected chi connectivity index (χ0v) is 17.4. The van der Waals surface area contributed by atoms with Crippen LogP contribution < -0.4 is 5.32 Å². The molecule has 7 nitrogen and oxygen atoms in total. The fraction of sp³-hybridized carbons (Fsp3) is 0.333. The molecule has 1 fully saturated rings. The molecule has 0 aliphatic carbocycles. The summed E-state index contributed by atoms with van der Waals surface area (Å²) in [4.78, 5) is 17.1. The number of hydrogen-bond acceptors (Lipinski definition) is 4. The third kappa shape index (κ3) is 3.90. The van der Waals surface area contributed by atoms with Crippen LogP contribution in [0.5, 0.6) is 0 Å². The van der Waals surface area contributed by atoms with Gasteiger partial charge in [0.05, 0.1) is 22.3 Å². The molecular weight excluding hydrogens is 388 g/mol. The molecule has 0 spiro atoms. The van der Waals surface area contributed by atoms with Crippen LogP contribution >= 0.6 is 0 Å². The Labute approximate surface area is 170 Å². The van der Waals surface area contributed by atoms with Crippen molar-refractivity contribution in [2.45, 2.75) is 38.1 Å². The van der Waals surface area contributed by atoms with E-state index < -0.39 is 10.0 Å². The van der Waals surface area contributed by atoms with Crippen molar-refractivity contribution >= 4 is 32.7 Å². The number of aromatic nitrogens is 2. The summed E-state index contributed by atoms with van der Waals surface area (Å²) < 4.78 is 28.8. The Balaban J connectivity index is 1.51. The molecular formula is C21H24N4O3S. The molecule has 0 bridgehead atoms. The molecule has 0 saturated carbocycles. The molecule has 1 aliphatic heterocycles. The molecule has 8 heteroatoms. The molecule has 3 aromatic rings. The van der Waals surface area contributed by atoms with Gasteiger partial charge in [-0.25, -0.2) is 13.4 Å². The number of carbonyl (C=O) groups is 1. The summed E-state index contributed by atoms with van der Waals surface area (Å²) in [6.45, 7) is 5.25. The maximum absolute atomic E-state index is 12.7. The van der Waals surface area contributed by atoms with Gasteiger partial charge in [0.25, 0.3) is 0 Å². The van der Waals surface area contributed by atoms with E-state index in [9.17, 15) is 13.2 Å². The summed E-state index contributed by atoms with van der Waals surface area (Å²) >= 11 is 0. The molecule has 1 aliphatic rings. The standard InChI is InChI=1S/C21H24N4O3S/c1-15-10-19-20(11-16(15)2)24(14-22-19)13-21(26)23-17-6-5-7-18(12-17)29(27,28)25-8-3-4-9-25/h5-7,10-12,14H,3-4,8-9,13H2,1-2H3,(H,23,26). The van der Waals surface area contributed by atoms with Crippen LogP contribution in [-0.2, 0) is 21.4 Å². The highest BCUT2D eigenvalue weighted by Gasteiger charge is 2.27. The van der Waals surface area contributed by atoms with Crippen LogP contribution in [-0.4, -0.2) is 41.3 Å². The van der Waals surface area contributed by atoms with E-state index in [1.54, 1.807) is 29.1 Å². The lowest BCUT2D eigenvalue weighted by molar-refractivity contribution is -0.116. The SMILES string of the molecule is Cc1cc2ncn(CC(=O)Nc3cccc(S(=O)(=O)N4CCCC4)c3)c2cc1C. The minimum Gasteiger partial charge on any atom is -0.324 e. The normalized spacial score (nSPS) is 15.1. The number of rotatable bonds is 5. The van der Waals surface area contributed by atoms with Crippen molar-refractivity contribution < 1.29 is 13.2 Å². The lowest BCUT2D eigenvalue weighted by Gasteiger charge is -2.16. The minimum absolute atomic E-state index is 0.0993. The molecule has 4 rings (SSSR count). The van der Waals surface area contributed by atoms with Crippen LogP contribution in [0, 0.1) is 13.8 Å². The topological polar surface area (TPSA) is 84.3 Å². The Hall–Kier alpha value is -2.71. The van der Waals surface area contributed by atoms with Gasteiger partial charge >= 0.3 is 0 Å². The van der Waals surface area contributed by atoms with E-state index in [2.05, 4.69) is 10.3 Å². The van der Waals surface area contributed by atoms with E-state index in [4.69, 9.17) is 0 Å². The molecule has 152 valence electrons. The van der Waals surface area contributed by atoms with Crippen LogP contribution in [0.25, 0.3) is 11.0 Å². The summed E-state index contributed by atoms with van der Waals surface area (Å²) in [5.41, 5.74) is 4.50. The fourth-order valence-corrected chi connectivity index (χ4v) is 5.17. The zero-order valence-electron chi connectivity index (χ0n) is 16.6. The van der Waals surface area contributed by atoms with Gasteiger partial charge in [-0.05, 0) is 68.1 Å². The van der Waals surface area contributed by atoms with Gasteiger partial charge < -0.3 is 9.88 Å². The summed E-state index contributed by atoms with van der Waals surface area (Å²) in [6, 6.07) is 10.5. The van der Waals surface area contributed by atoms with Gasteiger partial charge in [0.2, 0.25) is 15.9 Å². The first-order valence-corrected chi connectivity index (χ1v) is 11.1. The van der Waals surface area contributed by atoms with Crippen molar-refractivity contribution in [3.05, 3.63) is 53.9 Å². The number of amides is 1. The molecule has 1 N–H and O–H groups in total. The van der Waals surface area contributed by atoms with E-state index in [0.29, 0.717) is 18.8 Å². The fourth-order valence-electron chi connectivity index (χ4n) is 3.61. The Bertz CT molecular complexity index is 1180. The maximum atomic E-state index is 12.7. The Kier molecular flexibility index (Phi) is 5.14. The predicted molar refractivity (Wildman–Crippen MR) is 112 cm³/mol. The first kappa shape index (κ1) is 19.6. The Morgan fingerprint density at radius 1 is 1.10 bits per heavy atom. The summed E-state index contributed by atoms with van der Waals surface area (Å²) in [7, 11) is -3.52. The van der Waals surface area contributed by atoms with Gasteiger partial charge in [0.1, 0.15) is 6.54 Å². The molecule has 29 heavy (non-hydrogen) atoms. The quantitative estimate of drug-likeness (QED) is 0.698. The monoisotopic (exact) mass is 412 g/mol. The average molecular weight is 413 g/mol. The van der Waals surface area contributed by atoms with Crippen LogP contribution in [0.15, 0.2) is 47.6 Å². The number of aryl methyl sites for hydroxylation is 2. The number of anilines is 1. The van der Waals surface area contributed by atoms with Crippen molar-refractivity contribution in [3.8, 4) is 0 Å². The highest BCUT2D eigenvalue weighted by Crippen LogP contribution is 2.23. The second-order valence-corrected chi connectivity index (χ2v) is 9.42. The molecule has 2 aromatic carbocycles. The first-order valence-electron chi connectivity index (χ1n) is 9.67. The van der Waals surface area contributed by atoms with Crippen LogP contribution in [0.1, 0.15) is 24.0 Å². The second-order valence-electron chi connectivity index (χ2n) is 7.48. The molecule has 0 atom stereocenters. The number of hydrogen-bond donors (Lipinski definition) is 1. The van der Waals surface area contributed by atoms with Gasteiger partial charge in [-0.15, -0.1) is 0 Å². The smallest absolute Gasteiger partial charge is 0.244 e. The molecule has 1 saturated heterocycles. The summed E-state index contributed by atoms with van der Waals surface area (Å²) in [5, 5.41) is 2.80. The van der Waals surface area contributed by atoms with Crippen molar-refractivity contribution in [1.82, 2.24) is 13.9 Å². The molecule has 1 aromatic heterocycles. The number of nitrogens with zero attached hydrogens (tertiary/aromatic N) is 3. The van der Waals surface area contributed by atoms with E-state index in [1.165, 1.54) is 10.4 Å². The van der Waals surface area contributed by atoms with E-state index in [1.807, 2.05) is 26.0 Å². The van der Waals surface area contributed by atoms with E-state index in [0.717, 1.165) is 35.0 Å². The number of fused-ring (bicyclic) bond motifs is 1. The molecule has 0 unspecified atom stereocenters. The number of imidazole rings is 1. The lowest BCUT2D eigenvalue weighted by Crippen LogP contribution is -2.28. The highest BCUT2D eigenvalue weighted by atomic mass is 32.2. The van der Waals surface area contributed by atoms with Crippen molar-refractivity contribution in [2.24, 2.45) is 0 Å². The van der Waals surface area contributed by atoms with Gasteiger partial charge in [0, 0.05) is 18.8 Å². The molecule has 2 heterocycles. The minimum atomic E-state index is -3.52. The summed E-state index contributed by atoms with van der Waals surface area (Å²) in [6.07, 6.45) is 3.42. The Morgan fingerprint density at radius 2 is 1.83 bits per heavy atom. The largest absolute Gasteiger partial charge is 0.324 e. The first-order chi connectivity index (χ1) is 13.8. The van der Waals surface area contributed by atoms with Crippen LogP contribution in [0.3, 0.4) is 0 Å². The highest BCUT2D eigenvalue weighted by molar-refractivity contribution is 7.89. The lowest BCUT2D eigenvalue weighted by atomic mass is 10.1. The maximum Gasteiger partial charge on any atom is 0.244 e. The van der Waals surface area contributed by atoms with Crippen molar-refractivity contribution in [1.29, 1.82) is 0 Å². The zero-order chi connectivity index (χ0) is 20.6. The molecule has 0 radical (unpaired) electrons. The van der Waals surface area contributed by atoms with Gasteiger partial charge in [0.15, 0.2) is 0 Å². The average Bonchev–Trinajstić information content (AvgIpc) is 3.34. The second kappa shape index (κ2) is 7.61. The predicted octanol–water partition coefficient (Wildman–Crippen LogP) is 3.08. The third-order valence-corrected chi connectivity index (χ3v) is 7.27. The van der Waals surface area contributed by atoms with Crippen molar-refractivity contribution in [3.63, 3.8) is 0 Å². The number of benzene rings is 2. The van der Waals surface area contributed by atoms with Crippen LogP contribution in [0.2, 0.25) is 0 Å². The van der Waals surface area contributed by atoms with Gasteiger partial charge in [-0.1, -0.05) is 6.07 Å². The number of carbonyl (C=O) groups excluding carboxylic acids is 1. The van der Waals surface area contributed by atoms with Crippen LogP contribution in [0.4, 0.5) is 5.69 Å². The van der Waals surface area contributed by atoms with E-state index >= 15 is 0 Å². The van der Waals surface area contributed by atoms with Gasteiger partial charge in [-0.3, -0.25) is 4.79 Å². The van der Waals surface area contributed by atoms with E-state index in [-0.39, 0.29) is 17.3 Å².